The third-order valence-corrected chi connectivity index (χ3v) is 3.26. The lowest BCUT2D eigenvalue weighted by Gasteiger charge is -2.20. The summed E-state index contributed by atoms with van der Waals surface area (Å²) in [6.45, 7) is 3.16. The van der Waals surface area contributed by atoms with E-state index in [1.165, 1.54) is 18.3 Å². The van der Waals surface area contributed by atoms with Gasteiger partial charge < -0.3 is 10.5 Å². The quantitative estimate of drug-likeness (QED) is 0.599. The normalized spacial score (nSPS) is 12.1. The van der Waals surface area contributed by atoms with Gasteiger partial charge in [0.15, 0.2) is 6.10 Å². The SMILES string of the molecule is CC(C)[C@H](OC(=O)c1cccnc1SC(F)F)C(=O)NC(N)=O. The van der Waals surface area contributed by atoms with E-state index in [2.05, 4.69) is 4.98 Å². The van der Waals surface area contributed by atoms with E-state index in [1.54, 1.807) is 13.8 Å². The van der Waals surface area contributed by atoms with Crippen molar-refractivity contribution in [2.75, 3.05) is 0 Å². The monoisotopic (exact) mass is 347 g/mol. The zero-order valence-electron chi connectivity index (χ0n) is 12.3. The molecular weight excluding hydrogens is 332 g/mol. The fourth-order valence-electron chi connectivity index (χ4n) is 1.59. The van der Waals surface area contributed by atoms with Gasteiger partial charge in [0.05, 0.1) is 5.56 Å². The number of ether oxygens (including phenoxy) is 1. The summed E-state index contributed by atoms with van der Waals surface area (Å²) in [6.07, 6.45) is -0.0547. The molecule has 1 atom stereocenters. The topological polar surface area (TPSA) is 111 Å². The van der Waals surface area contributed by atoms with E-state index in [9.17, 15) is 23.2 Å². The van der Waals surface area contributed by atoms with E-state index in [0.717, 1.165) is 0 Å². The number of nitrogens with one attached hydrogen (secondary N) is 1. The van der Waals surface area contributed by atoms with Crippen molar-refractivity contribution in [1.29, 1.82) is 0 Å². The van der Waals surface area contributed by atoms with Crippen molar-refractivity contribution in [3.05, 3.63) is 23.9 Å². The van der Waals surface area contributed by atoms with Gasteiger partial charge in [0, 0.05) is 6.20 Å². The third kappa shape index (κ3) is 5.81. The van der Waals surface area contributed by atoms with Gasteiger partial charge in [-0.25, -0.2) is 14.6 Å². The highest BCUT2D eigenvalue weighted by molar-refractivity contribution is 7.99. The van der Waals surface area contributed by atoms with Gasteiger partial charge in [0.1, 0.15) is 5.03 Å². The van der Waals surface area contributed by atoms with Crippen molar-refractivity contribution in [3.63, 3.8) is 0 Å². The number of halogens is 2. The average Bonchev–Trinajstić information content (AvgIpc) is 2.43. The molecule has 7 nitrogen and oxygen atoms in total. The highest BCUT2D eigenvalue weighted by atomic mass is 32.2. The average molecular weight is 347 g/mol. The minimum atomic E-state index is -2.77. The number of carbonyl (C=O) groups excluding carboxylic acids is 3. The molecule has 0 bridgehead atoms. The van der Waals surface area contributed by atoms with Crippen LogP contribution >= 0.6 is 11.8 Å². The molecule has 1 rings (SSSR count). The number of nitrogens with zero attached hydrogens (tertiary/aromatic N) is 1. The summed E-state index contributed by atoms with van der Waals surface area (Å²) in [6, 6.07) is 1.54. The predicted octanol–water partition coefficient (Wildman–Crippen LogP) is 1.77. The van der Waals surface area contributed by atoms with Crippen LogP contribution in [0, 0.1) is 5.92 Å². The van der Waals surface area contributed by atoms with Crippen molar-refractivity contribution in [2.45, 2.75) is 30.7 Å². The van der Waals surface area contributed by atoms with Crippen LogP contribution in [0.15, 0.2) is 23.4 Å². The molecule has 0 radical (unpaired) electrons. The van der Waals surface area contributed by atoms with Gasteiger partial charge in [-0.1, -0.05) is 13.8 Å². The van der Waals surface area contributed by atoms with Gasteiger partial charge in [-0.2, -0.15) is 8.78 Å². The molecule has 0 saturated carbocycles. The number of nitrogens with two attached hydrogens (primary N) is 1. The van der Waals surface area contributed by atoms with Crippen LogP contribution in [-0.2, 0) is 9.53 Å². The van der Waals surface area contributed by atoms with Gasteiger partial charge in [-0.15, -0.1) is 0 Å². The van der Waals surface area contributed by atoms with Crippen LogP contribution in [-0.4, -0.2) is 34.8 Å². The first-order valence-electron chi connectivity index (χ1n) is 6.43. The molecule has 1 aromatic rings. The molecule has 0 aliphatic carbocycles. The Kier molecular flexibility index (Phi) is 6.89. The minimum absolute atomic E-state index is 0.0880. The van der Waals surface area contributed by atoms with E-state index in [1.807, 2.05) is 5.32 Å². The number of hydrogen-bond donors (Lipinski definition) is 2. The van der Waals surface area contributed by atoms with Crippen LogP contribution in [0.2, 0.25) is 0 Å². The Hall–Kier alpha value is -2.23. The Morgan fingerprint density at radius 1 is 1.35 bits per heavy atom. The van der Waals surface area contributed by atoms with Gasteiger partial charge in [-0.05, 0) is 29.8 Å². The number of imide groups is 1. The number of hydrogen-bond acceptors (Lipinski definition) is 6. The standard InChI is InChI=1S/C13H15F2N3O4S/c1-6(2)8(9(19)18-13(16)21)22-11(20)7-4-3-5-17-10(7)23-12(14)15/h3-6,8,12H,1-2H3,(H3,16,18,19,21)/t8-/m0/s1. The number of pyridine rings is 1. The fraction of sp³-hybridized carbons (Fsp3) is 0.385. The number of esters is 1. The van der Waals surface area contributed by atoms with Crippen LogP contribution in [0.25, 0.3) is 0 Å². The summed E-state index contributed by atoms with van der Waals surface area (Å²) in [5, 5.41) is 1.59. The van der Waals surface area contributed by atoms with Crippen molar-refractivity contribution >= 4 is 29.7 Å². The first kappa shape index (κ1) is 18.8. The summed E-state index contributed by atoms with van der Waals surface area (Å²) in [5.41, 5.74) is 4.65. The molecule has 126 valence electrons. The van der Waals surface area contributed by atoms with Gasteiger partial charge in [-0.3, -0.25) is 10.1 Å². The number of carbonyl (C=O) groups is 3. The molecule has 0 spiro atoms. The Labute approximate surface area is 135 Å². The summed E-state index contributed by atoms with van der Waals surface area (Å²) in [7, 11) is 0. The Bertz CT molecular complexity index is 598. The molecular formula is C13H15F2N3O4S. The van der Waals surface area contributed by atoms with Crippen molar-refractivity contribution in [3.8, 4) is 0 Å². The van der Waals surface area contributed by atoms with E-state index < -0.39 is 35.7 Å². The number of thioether (sulfide) groups is 1. The van der Waals surface area contributed by atoms with Crippen molar-refractivity contribution < 1.29 is 27.9 Å². The van der Waals surface area contributed by atoms with Gasteiger partial charge in [0.2, 0.25) is 0 Å². The molecule has 0 aliphatic heterocycles. The van der Waals surface area contributed by atoms with E-state index >= 15 is 0 Å². The third-order valence-electron chi connectivity index (χ3n) is 2.54. The molecule has 1 aromatic heterocycles. The highest BCUT2D eigenvalue weighted by Gasteiger charge is 2.29. The summed E-state index contributed by atoms with van der Waals surface area (Å²) in [5.74, 6) is -5.14. The van der Waals surface area contributed by atoms with Crippen LogP contribution in [0.4, 0.5) is 13.6 Å². The second kappa shape index (κ2) is 8.42. The fourth-order valence-corrected chi connectivity index (χ4v) is 2.16. The lowest BCUT2D eigenvalue weighted by Crippen LogP contribution is -2.45. The molecule has 1 heterocycles. The molecule has 0 saturated heterocycles. The van der Waals surface area contributed by atoms with E-state index in [0.29, 0.717) is 0 Å². The minimum Gasteiger partial charge on any atom is -0.448 e. The summed E-state index contributed by atoms with van der Waals surface area (Å²) in [4.78, 5) is 38.3. The maximum atomic E-state index is 12.5. The largest absolute Gasteiger partial charge is 0.448 e. The van der Waals surface area contributed by atoms with E-state index in [-0.39, 0.29) is 22.4 Å². The predicted molar refractivity (Wildman–Crippen MR) is 77.9 cm³/mol. The number of alkyl halides is 2. The zero-order valence-corrected chi connectivity index (χ0v) is 13.1. The Morgan fingerprint density at radius 3 is 2.52 bits per heavy atom. The Morgan fingerprint density at radius 2 is 2.00 bits per heavy atom. The Balaban J connectivity index is 2.96. The lowest BCUT2D eigenvalue weighted by molar-refractivity contribution is -0.130. The number of primary amides is 1. The zero-order chi connectivity index (χ0) is 17.6. The molecule has 0 fully saturated rings. The lowest BCUT2D eigenvalue weighted by atomic mass is 10.1. The smallest absolute Gasteiger partial charge is 0.341 e. The van der Waals surface area contributed by atoms with Crippen molar-refractivity contribution in [2.24, 2.45) is 11.7 Å². The summed E-state index contributed by atoms with van der Waals surface area (Å²) >= 11 is 0.0880. The number of urea groups is 1. The van der Waals surface area contributed by atoms with Gasteiger partial charge >= 0.3 is 12.0 Å². The highest BCUT2D eigenvalue weighted by Crippen LogP contribution is 2.27. The second-order valence-electron chi connectivity index (χ2n) is 4.66. The molecule has 0 aromatic carbocycles. The molecule has 3 amide bonds. The van der Waals surface area contributed by atoms with Crippen LogP contribution < -0.4 is 11.1 Å². The van der Waals surface area contributed by atoms with Crippen LogP contribution in [0.1, 0.15) is 24.2 Å². The van der Waals surface area contributed by atoms with Crippen LogP contribution in [0.3, 0.4) is 0 Å². The first-order valence-corrected chi connectivity index (χ1v) is 7.31. The van der Waals surface area contributed by atoms with E-state index in [4.69, 9.17) is 10.5 Å². The molecule has 23 heavy (non-hydrogen) atoms. The first-order chi connectivity index (χ1) is 10.7. The number of rotatable bonds is 6. The molecule has 10 heteroatoms. The van der Waals surface area contributed by atoms with Crippen LogP contribution in [0.5, 0.6) is 0 Å². The molecule has 0 aliphatic rings. The van der Waals surface area contributed by atoms with Gasteiger partial charge in [0.25, 0.3) is 11.7 Å². The number of amides is 3. The number of aromatic nitrogens is 1. The summed E-state index contributed by atoms with van der Waals surface area (Å²) < 4.78 is 30.0. The molecule has 3 N–H and O–H groups in total. The maximum Gasteiger partial charge on any atom is 0.341 e. The second-order valence-corrected chi connectivity index (χ2v) is 5.64. The maximum absolute atomic E-state index is 12.5. The van der Waals surface area contributed by atoms with Crippen molar-refractivity contribution in [1.82, 2.24) is 10.3 Å². The molecule has 0 unspecified atom stereocenters.